The lowest BCUT2D eigenvalue weighted by Gasteiger charge is -2.15. The Bertz CT molecular complexity index is 286. The van der Waals surface area contributed by atoms with Gasteiger partial charge in [0.2, 0.25) is 0 Å². The van der Waals surface area contributed by atoms with Crippen LogP contribution in [0.3, 0.4) is 0 Å². The van der Waals surface area contributed by atoms with Gasteiger partial charge < -0.3 is 10.5 Å². The molecule has 0 aromatic heterocycles. The van der Waals surface area contributed by atoms with E-state index in [1.54, 1.807) is 0 Å². The Kier molecular flexibility index (Phi) is 5.19. The van der Waals surface area contributed by atoms with Gasteiger partial charge in [-0.3, -0.25) is 0 Å². The molecule has 0 bridgehead atoms. The molecule has 0 aliphatic rings. The van der Waals surface area contributed by atoms with Gasteiger partial charge in [0.15, 0.2) is 0 Å². The highest BCUT2D eigenvalue weighted by molar-refractivity contribution is 5.35. The fraction of sp³-hybridized carbons (Fsp3) is 0.538. The van der Waals surface area contributed by atoms with Crippen molar-refractivity contribution in [3.05, 3.63) is 29.8 Å². The molecule has 0 fully saturated rings. The van der Waals surface area contributed by atoms with Crippen LogP contribution in [0.5, 0.6) is 5.75 Å². The molecule has 0 amide bonds. The molecule has 0 aliphatic heterocycles. The van der Waals surface area contributed by atoms with Crippen molar-refractivity contribution in [1.29, 1.82) is 0 Å². The normalized spacial score (nSPS) is 12.5. The van der Waals surface area contributed by atoms with Crippen LogP contribution in [0.1, 0.15) is 44.7 Å². The summed E-state index contributed by atoms with van der Waals surface area (Å²) in [6.45, 7) is 4.87. The monoisotopic (exact) mass is 207 g/mol. The van der Waals surface area contributed by atoms with Gasteiger partial charge in [0.25, 0.3) is 0 Å². The first-order valence-corrected chi connectivity index (χ1v) is 5.76. The molecule has 0 spiro atoms. The van der Waals surface area contributed by atoms with E-state index in [2.05, 4.69) is 13.0 Å². The van der Waals surface area contributed by atoms with E-state index >= 15 is 0 Å². The van der Waals surface area contributed by atoms with Crippen LogP contribution in [0.25, 0.3) is 0 Å². The molecule has 15 heavy (non-hydrogen) atoms. The number of nitrogens with two attached hydrogens (primary N) is 1. The SMILES string of the molecule is CCCCC(N)c1ccccc1OCC. The smallest absolute Gasteiger partial charge is 0.124 e. The van der Waals surface area contributed by atoms with Gasteiger partial charge in [0.05, 0.1) is 6.61 Å². The third kappa shape index (κ3) is 3.56. The zero-order valence-electron chi connectivity index (χ0n) is 9.70. The fourth-order valence-corrected chi connectivity index (χ4v) is 1.65. The zero-order chi connectivity index (χ0) is 11.1. The maximum Gasteiger partial charge on any atom is 0.124 e. The molecule has 84 valence electrons. The van der Waals surface area contributed by atoms with Crippen molar-refractivity contribution in [3.63, 3.8) is 0 Å². The highest BCUT2D eigenvalue weighted by Crippen LogP contribution is 2.26. The van der Waals surface area contributed by atoms with Crippen LogP contribution < -0.4 is 10.5 Å². The van der Waals surface area contributed by atoms with E-state index in [4.69, 9.17) is 10.5 Å². The maximum atomic E-state index is 6.13. The molecule has 2 nitrogen and oxygen atoms in total. The minimum Gasteiger partial charge on any atom is -0.494 e. The maximum absolute atomic E-state index is 6.13. The van der Waals surface area contributed by atoms with E-state index in [0.717, 1.165) is 17.7 Å². The van der Waals surface area contributed by atoms with Crippen LogP contribution in [-0.4, -0.2) is 6.61 Å². The molecule has 0 heterocycles. The minimum atomic E-state index is 0.104. The first-order valence-electron chi connectivity index (χ1n) is 5.76. The van der Waals surface area contributed by atoms with Crippen molar-refractivity contribution in [1.82, 2.24) is 0 Å². The van der Waals surface area contributed by atoms with Gasteiger partial charge in [0.1, 0.15) is 5.75 Å². The number of rotatable bonds is 6. The van der Waals surface area contributed by atoms with E-state index in [-0.39, 0.29) is 6.04 Å². The van der Waals surface area contributed by atoms with Crippen LogP contribution in [0.4, 0.5) is 0 Å². The summed E-state index contributed by atoms with van der Waals surface area (Å²) < 4.78 is 5.56. The van der Waals surface area contributed by atoms with E-state index in [0.29, 0.717) is 6.61 Å². The molecular formula is C13H21NO. The lowest BCUT2D eigenvalue weighted by molar-refractivity contribution is 0.333. The molecular weight excluding hydrogens is 186 g/mol. The first-order chi connectivity index (χ1) is 7.29. The zero-order valence-corrected chi connectivity index (χ0v) is 9.70. The quantitative estimate of drug-likeness (QED) is 0.777. The third-order valence-electron chi connectivity index (χ3n) is 2.49. The number of ether oxygens (including phenoxy) is 1. The Morgan fingerprint density at radius 1 is 1.27 bits per heavy atom. The van der Waals surface area contributed by atoms with E-state index in [1.807, 2.05) is 25.1 Å². The van der Waals surface area contributed by atoms with Gasteiger partial charge in [-0.25, -0.2) is 0 Å². The van der Waals surface area contributed by atoms with Gasteiger partial charge in [-0.15, -0.1) is 0 Å². The molecule has 2 heteroatoms. The molecule has 0 saturated heterocycles. The minimum absolute atomic E-state index is 0.104. The Labute approximate surface area is 92.4 Å². The summed E-state index contributed by atoms with van der Waals surface area (Å²) >= 11 is 0. The topological polar surface area (TPSA) is 35.2 Å². The van der Waals surface area contributed by atoms with Crippen molar-refractivity contribution in [3.8, 4) is 5.75 Å². The largest absolute Gasteiger partial charge is 0.494 e. The second-order valence-electron chi connectivity index (χ2n) is 3.72. The molecule has 1 atom stereocenters. The summed E-state index contributed by atoms with van der Waals surface area (Å²) in [6.07, 6.45) is 3.38. The summed E-state index contributed by atoms with van der Waals surface area (Å²) in [4.78, 5) is 0. The Balaban J connectivity index is 2.72. The summed E-state index contributed by atoms with van der Waals surface area (Å²) in [5.41, 5.74) is 7.26. The highest BCUT2D eigenvalue weighted by Gasteiger charge is 2.10. The predicted molar refractivity (Wildman–Crippen MR) is 64.1 cm³/mol. The molecule has 1 rings (SSSR count). The van der Waals surface area contributed by atoms with Crippen molar-refractivity contribution in [2.45, 2.75) is 39.2 Å². The molecule has 1 unspecified atom stereocenters. The van der Waals surface area contributed by atoms with Gasteiger partial charge >= 0.3 is 0 Å². The Morgan fingerprint density at radius 2 is 2.00 bits per heavy atom. The van der Waals surface area contributed by atoms with E-state index < -0.39 is 0 Å². The number of unbranched alkanes of at least 4 members (excludes halogenated alkanes) is 1. The average molecular weight is 207 g/mol. The molecule has 0 saturated carbocycles. The molecule has 1 aromatic carbocycles. The van der Waals surface area contributed by atoms with Crippen LogP contribution in [0, 0.1) is 0 Å². The fourth-order valence-electron chi connectivity index (χ4n) is 1.65. The summed E-state index contributed by atoms with van der Waals surface area (Å²) in [6, 6.07) is 8.16. The molecule has 0 aliphatic carbocycles. The number of benzene rings is 1. The van der Waals surface area contributed by atoms with Crippen molar-refractivity contribution >= 4 is 0 Å². The number of hydrogen-bond donors (Lipinski definition) is 1. The standard InChI is InChI=1S/C13H21NO/c1-3-5-9-12(14)11-8-6-7-10-13(11)15-4-2/h6-8,10,12H,3-5,9,14H2,1-2H3. The van der Waals surface area contributed by atoms with Crippen molar-refractivity contribution < 1.29 is 4.74 Å². The van der Waals surface area contributed by atoms with Crippen LogP contribution in [-0.2, 0) is 0 Å². The number of para-hydroxylation sites is 1. The first kappa shape index (κ1) is 12.1. The number of hydrogen-bond acceptors (Lipinski definition) is 2. The second kappa shape index (κ2) is 6.46. The van der Waals surface area contributed by atoms with Gasteiger partial charge in [0, 0.05) is 11.6 Å². The predicted octanol–water partition coefficient (Wildman–Crippen LogP) is 3.28. The van der Waals surface area contributed by atoms with Gasteiger partial charge in [-0.1, -0.05) is 38.0 Å². The van der Waals surface area contributed by atoms with Crippen LogP contribution >= 0.6 is 0 Å². The second-order valence-corrected chi connectivity index (χ2v) is 3.72. The van der Waals surface area contributed by atoms with E-state index in [9.17, 15) is 0 Å². The van der Waals surface area contributed by atoms with Crippen LogP contribution in [0.2, 0.25) is 0 Å². The third-order valence-corrected chi connectivity index (χ3v) is 2.49. The highest BCUT2D eigenvalue weighted by atomic mass is 16.5. The lowest BCUT2D eigenvalue weighted by atomic mass is 10.0. The molecule has 1 aromatic rings. The lowest BCUT2D eigenvalue weighted by Crippen LogP contribution is -2.11. The van der Waals surface area contributed by atoms with E-state index in [1.165, 1.54) is 12.8 Å². The van der Waals surface area contributed by atoms with Crippen LogP contribution in [0.15, 0.2) is 24.3 Å². The van der Waals surface area contributed by atoms with Gasteiger partial charge in [-0.2, -0.15) is 0 Å². The Morgan fingerprint density at radius 3 is 2.67 bits per heavy atom. The molecule has 0 radical (unpaired) electrons. The summed E-state index contributed by atoms with van der Waals surface area (Å²) in [5, 5.41) is 0. The average Bonchev–Trinajstić information content (AvgIpc) is 2.27. The molecule has 2 N–H and O–H groups in total. The van der Waals surface area contributed by atoms with Crippen molar-refractivity contribution in [2.24, 2.45) is 5.73 Å². The Hall–Kier alpha value is -1.02. The summed E-state index contributed by atoms with van der Waals surface area (Å²) in [7, 11) is 0. The van der Waals surface area contributed by atoms with Gasteiger partial charge in [-0.05, 0) is 19.4 Å². The summed E-state index contributed by atoms with van der Waals surface area (Å²) in [5.74, 6) is 0.934. The van der Waals surface area contributed by atoms with Crippen molar-refractivity contribution in [2.75, 3.05) is 6.61 Å².